The Labute approximate surface area is 128 Å². The van der Waals surface area contributed by atoms with E-state index in [-0.39, 0.29) is 17.7 Å². The molecule has 0 atom stereocenters. The lowest BCUT2D eigenvalue weighted by molar-refractivity contribution is -0.136. The molecule has 0 spiro atoms. The maximum absolute atomic E-state index is 14.8. The molecule has 0 aliphatic heterocycles. The van der Waals surface area contributed by atoms with Crippen LogP contribution in [0.4, 0.5) is 4.39 Å². The van der Waals surface area contributed by atoms with E-state index in [9.17, 15) is 14.0 Å². The SMILES string of the molecule is CCOC(=O)/C(=C(/F)c1ccc(C=O)cc1)c1ccccc1. The fourth-order valence-corrected chi connectivity index (χ4v) is 1.99. The molecule has 0 aliphatic rings. The number of ether oxygens (including phenoxy) is 1. The van der Waals surface area contributed by atoms with Gasteiger partial charge < -0.3 is 4.74 Å². The van der Waals surface area contributed by atoms with Crippen molar-refractivity contribution in [2.75, 3.05) is 6.61 Å². The largest absolute Gasteiger partial charge is 0.462 e. The van der Waals surface area contributed by atoms with E-state index in [1.807, 2.05) is 0 Å². The Morgan fingerprint density at radius 1 is 1.05 bits per heavy atom. The van der Waals surface area contributed by atoms with E-state index < -0.39 is 11.8 Å². The van der Waals surface area contributed by atoms with Gasteiger partial charge in [0, 0.05) is 11.1 Å². The van der Waals surface area contributed by atoms with Crippen molar-refractivity contribution in [3.05, 3.63) is 71.3 Å². The van der Waals surface area contributed by atoms with Crippen molar-refractivity contribution in [1.82, 2.24) is 0 Å². The fraction of sp³-hybridized carbons (Fsp3) is 0.111. The Balaban J connectivity index is 2.53. The van der Waals surface area contributed by atoms with E-state index in [2.05, 4.69) is 0 Å². The van der Waals surface area contributed by atoms with Gasteiger partial charge in [-0.2, -0.15) is 0 Å². The minimum absolute atomic E-state index is 0.124. The van der Waals surface area contributed by atoms with Gasteiger partial charge in [0.05, 0.1) is 6.61 Å². The standard InChI is InChI=1S/C18H15FO3/c1-2-22-18(21)16(14-6-4-3-5-7-14)17(19)15-10-8-13(12-20)9-11-15/h3-12H,2H2,1H3/b17-16+. The summed E-state index contributed by atoms with van der Waals surface area (Å²) in [5.41, 5.74) is 0.977. The molecule has 3 nitrogen and oxygen atoms in total. The molecule has 22 heavy (non-hydrogen) atoms. The van der Waals surface area contributed by atoms with Gasteiger partial charge >= 0.3 is 5.97 Å². The first-order chi connectivity index (χ1) is 10.7. The normalized spacial score (nSPS) is 11.5. The van der Waals surface area contributed by atoms with Gasteiger partial charge in [0.25, 0.3) is 0 Å². The van der Waals surface area contributed by atoms with Crippen molar-refractivity contribution in [1.29, 1.82) is 0 Å². The Hall–Kier alpha value is -2.75. The van der Waals surface area contributed by atoms with Gasteiger partial charge in [-0.15, -0.1) is 0 Å². The molecule has 0 saturated carbocycles. The molecule has 0 N–H and O–H groups in total. The number of esters is 1. The Bertz CT molecular complexity index is 688. The molecular formula is C18H15FO3. The second-order valence-electron chi connectivity index (χ2n) is 4.52. The van der Waals surface area contributed by atoms with Crippen LogP contribution < -0.4 is 0 Å². The quantitative estimate of drug-likeness (QED) is 0.364. The highest BCUT2D eigenvalue weighted by molar-refractivity contribution is 6.23. The van der Waals surface area contributed by atoms with Crippen molar-refractivity contribution < 1.29 is 18.7 Å². The number of carbonyl (C=O) groups excluding carboxylic acids is 2. The Morgan fingerprint density at radius 3 is 2.23 bits per heavy atom. The van der Waals surface area contributed by atoms with Gasteiger partial charge in [0.1, 0.15) is 17.7 Å². The summed E-state index contributed by atoms with van der Waals surface area (Å²) in [6, 6.07) is 14.4. The number of rotatable bonds is 5. The lowest BCUT2D eigenvalue weighted by atomic mass is 10.0. The summed E-state index contributed by atoms with van der Waals surface area (Å²) in [6.45, 7) is 1.82. The molecule has 0 unspecified atom stereocenters. The first kappa shape index (κ1) is 15.6. The molecule has 0 fully saturated rings. The molecule has 2 aromatic rings. The van der Waals surface area contributed by atoms with Crippen LogP contribution in [0.3, 0.4) is 0 Å². The fourth-order valence-electron chi connectivity index (χ4n) is 1.99. The van der Waals surface area contributed by atoms with Crippen LogP contribution in [-0.4, -0.2) is 18.9 Å². The summed E-state index contributed by atoms with van der Waals surface area (Å²) in [4.78, 5) is 22.8. The van der Waals surface area contributed by atoms with E-state index in [1.54, 1.807) is 37.3 Å². The van der Waals surface area contributed by atoms with Crippen LogP contribution in [-0.2, 0) is 9.53 Å². The minimum Gasteiger partial charge on any atom is -0.462 e. The first-order valence-electron chi connectivity index (χ1n) is 6.85. The predicted octanol–water partition coefficient (Wildman–Crippen LogP) is 3.90. The summed E-state index contributed by atoms with van der Waals surface area (Å²) in [7, 11) is 0. The number of aldehydes is 1. The van der Waals surface area contributed by atoms with E-state index in [1.165, 1.54) is 24.3 Å². The Kier molecular flexibility index (Phi) is 5.20. The third-order valence-corrected chi connectivity index (χ3v) is 3.06. The molecule has 0 saturated heterocycles. The van der Waals surface area contributed by atoms with Gasteiger partial charge in [-0.05, 0) is 12.5 Å². The van der Waals surface area contributed by atoms with E-state index in [0.717, 1.165) is 0 Å². The van der Waals surface area contributed by atoms with Crippen LogP contribution in [0.2, 0.25) is 0 Å². The van der Waals surface area contributed by atoms with Crippen molar-refractivity contribution >= 4 is 23.7 Å². The van der Waals surface area contributed by atoms with E-state index >= 15 is 0 Å². The topological polar surface area (TPSA) is 43.4 Å². The predicted molar refractivity (Wildman–Crippen MR) is 82.8 cm³/mol. The van der Waals surface area contributed by atoms with Crippen LogP contribution in [0.1, 0.15) is 28.4 Å². The second-order valence-corrected chi connectivity index (χ2v) is 4.52. The average molecular weight is 298 g/mol. The van der Waals surface area contributed by atoms with Gasteiger partial charge in [0.2, 0.25) is 0 Å². The summed E-state index contributed by atoms with van der Waals surface area (Å²) in [6.07, 6.45) is 0.675. The van der Waals surface area contributed by atoms with Crippen LogP contribution in [0.25, 0.3) is 11.4 Å². The smallest absolute Gasteiger partial charge is 0.341 e. The first-order valence-corrected chi connectivity index (χ1v) is 6.85. The van der Waals surface area contributed by atoms with Gasteiger partial charge in [0.15, 0.2) is 0 Å². The zero-order chi connectivity index (χ0) is 15.9. The molecule has 4 heteroatoms. The third kappa shape index (κ3) is 3.47. The number of halogens is 1. The van der Waals surface area contributed by atoms with Gasteiger partial charge in [-0.1, -0.05) is 54.6 Å². The maximum atomic E-state index is 14.8. The molecule has 0 bridgehead atoms. The molecule has 0 heterocycles. The highest BCUT2D eigenvalue weighted by atomic mass is 19.1. The summed E-state index contributed by atoms with van der Waals surface area (Å²) in [5, 5.41) is 0. The van der Waals surface area contributed by atoms with Crippen molar-refractivity contribution in [3.8, 4) is 0 Å². The monoisotopic (exact) mass is 298 g/mol. The lowest BCUT2D eigenvalue weighted by Crippen LogP contribution is -2.08. The van der Waals surface area contributed by atoms with Crippen LogP contribution in [0.5, 0.6) is 0 Å². The molecule has 0 aromatic heterocycles. The molecule has 112 valence electrons. The van der Waals surface area contributed by atoms with E-state index in [4.69, 9.17) is 4.74 Å². The molecule has 2 aromatic carbocycles. The second kappa shape index (κ2) is 7.31. The molecule has 0 aliphatic carbocycles. The third-order valence-electron chi connectivity index (χ3n) is 3.06. The van der Waals surface area contributed by atoms with Gasteiger partial charge in [-0.3, -0.25) is 4.79 Å². The molecular weight excluding hydrogens is 283 g/mol. The summed E-state index contributed by atoms with van der Waals surface area (Å²) >= 11 is 0. The number of hydrogen-bond donors (Lipinski definition) is 0. The van der Waals surface area contributed by atoms with Gasteiger partial charge in [-0.25, -0.2) is 9.18 Å². The van der Waals surface area contributed by atoms with Crippen LogP contribution >= 0.6 is 0 Å². The average Bonchev–Trinajstić information content (AvgIpc) is 2.56. The van der Waals surface area contributed by atoms with Crippen LogP contribution in [0.15, 0.2) is 54.6 Å². The Morgan fingerprint density at radius 2 is 1.68 bits per heavy atom. The number of benzene rings is 2. The summed E-state index contributed by atoms with van der Waals surface area (Å²) < 4.78 is 19.7. The van der Waals surface area contributed by atoms with Crippen molar-refractivity contribution in [2.24, 2.45) is 0 Å². The molecule has 0 amide bonds. The van der Waals surface area contributed by atoms with Crippen molar-refractivity contribution in [3.63, 3.8) is 0 Å². The molecule has 0 radical (unpaired) electrons. The van der Waals surface area contributed by atoms with E-state index in [0.29, 0.717) is 17.4 Å². The van der Waals surface area contributed by atoms with Crippen LogP contribution in [0, 0.1) is 0 Å². The number of hydrogen-bond acceptors (Lipinski definition) is 3. The number of carbonyl (C=O) groups is 2. The molecule has 2 rings (SSSR count). The lowest BCUT2D eigenvalue weighted by Gasteiger charge is -2.09. The zero-order valence-corrected chi connectivity index (χ0v) is 12.1. The zero-order valence-electron chi connectivity index (χ0n) is 12.1. The van der Waals surface area contributed by atoms with Crippen molar-refractivity contribution in [2.45, 2.75) is 6.92 Å². The summed E-state index contributed by atoms with van der Waals surface area (Å²) in [5.74, 6) is -1.40. The maximum Gasteiger partial charge on any atom is 0.341 e. The highest BCUT2D eigenvalue weighted by Gasteiger charge is 2.20. The highest BCUT2D eigenvalue weighted by Crippen LogP contribution is 2.28. The minimum atomic E-state index is -0.717.